The van der Waals surface area contributed by atoms with Crippen LogP contribution in [0.25, 0.3) is 0 Å². The van der Waals surface area contributed by atoms with Crippen molar-refractivity contribution < 1.29 is 17.2 Å². The van der Waals surface area contributed by atoms with Crippen molar-refractivity contribution >= 4 is 56.8 Å². The summed E-state index contributed by atoms with van der Waals surface area (Å²) in [6, 6.07) is 1.11. The Balaban J connectivity index is 3.37. The molecule has 0 aromatic heterocycles. The molecule has 15 heavy (non-hydrogen) atoms. The Morgan fingerprint density at radius 2 is 1.60 bits per heavy atom. The van der Waals surface area contributed by atoms with E-state index in [1.54, 1.807) is 0 Å². The van der Waals surface area contributed by atoms with Gasteiger partial charge in [-0.1, -0.05) is 46.4 Å². The van der Waals surface area contributed by atoms with Crippen LogP contribution in [-0.4, -0.2) is 13.0 Å². The molecule has 0 unspecified atom stereocenters. The normalized spacial score (nSPS) is 11.5. The Morgan fingerprint density at radius 1 is 1.07 bits per heavy atom. The van der Waals surface area contributed by atoms with E-state index in [0.717, 1.165) is 6.07 Å². The second-order valence-corrected chi connectivity index (χ2v) is 4.84. The zero-order valence-electron chi connectivity index (χ0n) is 6.63. The van der Waals surface area contributed by atoms with Crippen LogP contribution in [0.4, 0.5) is 0 Å². The van der Waals surface area contributed by atoms with Crippen LogP contribution < -0.4 is 4.18 Å². The highest BCUT2D eigenvalue weighted by Gasteiger charge is 2.17. The van der Waals surface area contributed by atoms with Crippen molar-refractivity contribution in [1.29, 1.82) is 0 Å². The van der Waals surface area contributed by atoms with Gasteiger partial charge in [0.05, 0.1) is 15.1 Å². The first-order valence-electron chi connectivity index (χ1n) is 3.20. The fourth-order valence-corrected chi connectivity index (χ4v) is 2.18. The first kappa shape index (κ1) is 13.2. The molecule has 0 saturated carbocycles. The average Bonchev–Trinajstić information content (AvgIpc) is 2.07. The summed E-state index contributed by atoms with van der Waals surface area (Å²) >= 11 is 22.3. The zero-order chi connectivity index (χ0) is 11.8. The molecule has 0 atom stereocenters. The summed E-state index contributed by atoms with van der Waals surface area (Å²) in [5, 5.41) is -0.703. The molecular formula is C6HCl4O4S-. The summed E-state index contributed by atoms with van der Waals surface area (Å²) in [6.45, 7) is 0. The highest BCUT2D eigenvalue weighted by molar-refractivity contribution is 7.81. The van der Waals surface area contributed by atoms with E-state index in [-0.39, 0.29) is 20.1 Å². The number of hydrogen-bond donors (Lipinski definition) is 0. The SMILES string of the molecule is O=S(=O)([O-])Oc1c(Cl)cc(Cl)c(Cl)c1Cl. The molecule has 0 aliphatic carbocycles. The van der Waals surface area contributed by atoms with E-state index in [9.17, 15) is 13.0 Å². The van der Waals surface area contributed by atoms with E-state index < -0.39 is 16.1 Å². The molecule has 0 radical (unpaired) electrons. The van der Waals surface area contributed by atoms with Gasteiger partial charge in [-0.15, -0.1) is 0 Å². The molecule has 0 fully saturated rings. The lowest BCUT2D eigenvalue weighted by Crippen LogP contribution is -2.08. The summed E-state index contributed by atoms with van der Waals surface area (Å²) in [5.74, 6) is -0.539. The van der Waals surface area contributed by atoms with Gasteiger partial charge in [-0.3, -0.25) is 0 Å². The highest BCUT2D eigenvalue weighted by atomic mass is 35.5. The lowest BCUT2D eigenvalue weighted by atomic mass is 10.3. The Morgan fingerprint density at radius 3 is 2.07 bits per heavy atom. The van der Waals surface area contributed by atoms with Crippen molar-refractivity contribution in [2.24, 2.45) is 0 Å². The van der Waals surface area contributed by atoms with Gasteiger partial charge in [-0.2, -0.15) is 0 Å². The van der Waals surface area contributed by atoms with Gasteiger partial charge in [0.2, 0.25) is 0 Å². The van der Waals surface area contributed by atoms with Crippen molar-refractivity contribution in [2.45, 2.75) is 0 Å². The van der Waals surface area contributed by atoms with E-state index in [0.29, 0.717) is 0 Å². The minimum absolute atomic E-state index is 0.0160. The number of hydrogen-bond acceptors (Lipinski definition) is 4. The van der Waals surface area contributed by atoms with Gasteiger partial charge >= 0.3 is 0 Å². The van der Waals surface area contributed by atoms with Crippen LogP contribution in [0.3, 0.4) is 0 Å². The molecule has 0 aliphatic heterocycles. The number of benzene rings is 1. The fraction of sp³-hybridized carbons (Fsp3) is 0. The third-order valence-electron chi connectivity index (χ3n) is 1.26. The molecule has 1 aromatic rings. The van der Waals surface area contributed by atoms with Gasteiger partial charge < -0.3 is 8.74 Å². The van der Waals surface area contributed by atoms with Crippen molar-refractivity contribution in [3.63, 3.8) is 0 Å². The van der Waals surface area contributed by atoms with Gasteiger partial charge in [0.15, 0.2) is 5.75 Å². The molecule has 1 aromatic carbocycles. The van der Waals surface area contributed by atoms with Crippen LogP contribution in [-0.2, 0) is 10.4 Å². The van der Waals surface area contributed by atoms with Crippen molar-refractivity contribution in [1.82, 2.24) is 0 Å². The Labute approximate surface area is 106 Å². The van der Waals surface area contributed by atoms with Crippen LogP contribution in [0.2, 0.25) is 20.1 Å². The van der Waals surface area contributed by atoms with Crippen molar-refractivity contribution in [2.75, 3.05) is 0 Å². The predicted molar refractivity (Wildman–Crippen MR) is 56.8 cm³/mol. The van der Waals surface area contributed by atoms with Gasteiger partial charge in [0.1, 0.15) is 5.02 Å². The maximum absolute atomic E-state index is 10.3. The third kappa shape index (κ3) is 3.27. The Bertz CT molecular complexity index is 498. The summed E-state index contributed by atoms with van der Waals surface area (Å²) in [5.41, 5.74) is 0. The van der Waals surface area contributed by atoms with Gasteiger partial charge in [-0.25, -0.2) is 8.42 Å². The van der Waals surface area contributed by atoms with E-state index >= 15 is 0 Å². The lowest BCUT2D eigenvalue weighted by molar-refractivity contribution is 0.372. The van der Waals surface area contributed by atoms with E-state index in [2.05, 4.69) is 4.18 Å². The summed E-state index contributed by atoms with van der Waals surface area (Å²) < 4.78 is 35.0. The van der Waals surface area contributed by atoms with Crippen LogP contribution >= 0.6 is 46.4 Å². The fourth-order valence-electron chi connectivity index (χ4n) is 0.728. The summed E-state index contributed by atoms with van der Waals surface area (Å²) in [6.07, 6.45) is 0. The van der Waals surface area contributed by atoms with E-state index in [4.69, 9.17) is 46.4 Å². The van der Waals surface area contributed by atoms with Crippen molar-refractivity contribution in [3.05, 3.63) is 26.2 Å². The maximum Gasteiger partial charge on any atom is 0.262 e. The van der Waals surface area contributed by atoms with E-state index in [1.165, 1.54) is 0 Å². The molecule has 0 saturated heterocycles. The summed E-state index contributed by atoms with van der Waals surface area (Å²) in [4.78, 5) is 0. The van der Waals surface area contributed by atoms with Crippen LogP contribution in [0.15, 0.2) is 6.07 Å². The van der Waals surface area contributed by atoms with Crippen molar-refractivity contribution in [3.8, 4) is 5.75 Å². The predicted octanol–water partition coefficient (Wildman–Crippen LogP) is 3.14. The number of rotatable bonds is 2. The molecule has 0 aliphatic rings. The lowest BCUT2D eigenvalue weighted by Gasteiger charge is -2.13. The average molecular weight is 311 g/mol. The first-order chi connectivity index (χ1) is 6.72. The molecule has 1 rings (SSSR count). The highest BCUT2D eigenvalue weighted by Crippen LogP contribution is 2.42. The molecule has 0 amide bonds. The van der Waals surface area contributed by atoms with Gasteiger partial charge in [-0.05, 0) is 6.07 Å². The molecule has 9 heteroatoms. The molecule has 0 bridgehead atoms. The second kappa shape index (κ2) is 4.53. The third-order valence-corrected chi connectivity index (χ3v) is 3.15. The second-order valence-electron chi connectivity index (χ2n) is 2.29. The molecule has 0 heterocycles. The smallest absolute Gasteiger partial charge is 0.262 e. The van der Waals surface area contributed by atoms with Crippen LogP contribution in [0.1, 0.15) is 0 Å². The molecule has 0 spiro atoms. The van der Waals surface area contributed by atoms with E-state index in [1.807, 2.05) is 0 Å². The number of halogens is 4. The minimum atomic E-state index is -4.97. The standard InChI is InChI=1S/C6H2Cl4O4S/c7-2-1-3(8)6(5(10)4(2)9)14-15(11,12)13/h1H,(H,11,12,13)/p-1. The van der Waals surface area contributed by atoms with Crippen LogP contribution in [0, 0.1) is 0 Å². The first-order valence-corrected chi connectivity index (χ1v) is 6.05. The zero-order valence-corrected chi connectivity index (χ0v) is 10.5. The largest absolute Gasteiger partial charge is 0.716 e. The van der Waals surface area contributed by atoms with Gasteiger partial charge in [0, 0.05) is 0 Å². The molecule has 4 nitrogen and oxygen atoms in total. The molecule has 84 valence electrons. The van der Waals surface area contributed by atoms with Crippen LogP contribution in [0.5, 0.6) is 5.75 Å². The topological polar surface area (TPSA) is 66.4 Å². The monoisotopic (exact) mass is 309 g/mol. The van der Waals surface area contributed by atoms with Gasteiger partial charge in [0.25, 0.3) is 10.4 Å². The maximum atomic E-state index is 10.3. The molecular weight excluding hydrogens is 310 g/mol. The molecule has 0 N–H and O–H groups in total. The Kier molecular flexibility index (Phi) is 3.97. The summed E-state index contributed by atoms with van der Waals surface area (Å²) in [7, 11) is -4.97. The Hall–Kier alpha value is 0.0900. The minimum Gasteiger partial charge on any atom is -0.716 e. The quantitative estimate of drug-likeness (QED) is 0.364.